The van der Waals surface area contributed by atoms with Gasteiger partial charge in [0, 0.05) is 42.4 Å². The number of anilines is 1. The number of benzene rings is 2. The van der Waals surface area contributed by atoms with Crippen LogP contribution in [0.4, 0.5) is 5.69 Å². The Morgan fingerprint density at radius 1 is 1.09 bits per heavy atom. The Balaban J connectivity index is 1.66. The van der Waals surface area contributed by atoms with Crippen LogP contribution in [-0.4, -0.2) is 68.3 Å². The summed E-state index contributed by atoms with van der Waals surface area (Å²) in [5, 5.41) is 10.7. The lowest BCUT2D eigenvalue weighted by Crippen LogP contribution is -2.42. The Morgan fingerprint density at radius 2 is 1.75 bits per heavy atom. The van der Waals surface area contributed by atoms with Crippen molar-refractivity contribution in [3.05, 3.63) is 58.6 Å². The van der Waals surface area contributed by atoms with Crippen LogP contribution in [0.2, 0.25) is 0 Å². The van der Waals surface area contributed by atoms with Gasteiger partial charge in [0.25, 0.3) is 0 Å². The highest BCUT2D eigenvalue weighted by molar-refractivity contribution is 9.10. The Hall–Kier alpha value is -1.61. The fourth-order valence-electron chi connectivity index (χ4n) is 4.09. The molecule has 2 aromatic rings. The van der Waals surface area contributed by atoms with Gasteiger partial charge in [-0.3, -0.25) is 4.90 Å². The summed E-state index contributed by atoms with van der Waals surface area (Å²) in [6.07, 6.45) is -0.128. The van der Waals surface area contributed by atoms with Crippen LogP contribution in [-0.2, 0) is 16.4 Å². The molecule has 0 saturated carbocycles. The number of aliphatic hydroxyl groups is 1. The van der Waals surface area contributed by atoms with Crippen molar-refractivity contribution in [2.24, 2.45) is 0 Å². The first-order valence-electron chi connectivity index (χ1n) is 11.1. The van der Waals surface area contributed by atoms with E-state index in [1.807, 2.05) is 24.3 Å². The monoisotopic (exact) mass is 524 g/mol. The van der Waals surface area contributed by atoms with E-state index in [1.165, 1.54) is 5.69 Å². The van der Waals surface area contributed by atoms with Crippen molar-refractivity contribution in [1.82, 2.24) is 4.90 Å². The van der Waals surface area contributed by atoms with Crippen molar-refractivity contribution in [1.29, 1.82) is 0 Å². The fraction of sp³-hybridized carbons (Fsp3) is 0.500. The number of ether oxygens (including phenoxy) is 1. The average Bonchev–Trinajstić information content (AvgIpc) is 3.14. The van der Waals surface area contributed by atoms with Gasteiger partial charge in [-0.05, 0) is 62.2 Å². The molecule has 2 unspecified atom stereocenters. The molecular formula is C24H33BrN2O4S. The minimum atomic E-state index is -3.02. The topological polar surface area (TPSA) is 70.1 Å². The molecule has 0 aliphatic carbocycles. The second-order valence-corrected chi connectivity index (χ2v) is 11.4. The number of rotatable bonds is 11. The Labute approximate surface area is 200 Å². The maximum atomic E-state index is 12.1. The third-order valence-corrected chi connectivity index (χ3v) is 8.16. The number of hydrogen-bond acceptors (Lipinski definition) is 6. The summed E-state index contributed by atoms with van der Waals surface area (Å²) in [6, 6.07) is 15.8. The molecule has 1 fully saturated rings. The molecule has 8 heteroatoms. The SMILES string of the molecule is CCN(CC)c1ccc(CN(CC(O)COc2ccc(Br)cc2)C2CCS(=O)(=O)C2)cc1. The first-order chi connectivity index (χ1) is 15.3. The summed E-state index contributed by atoms with van der Waals surface area (Å²) in [6.45, 7) is 7.27. The molecule has 1 aliphatic rings. The minimum Gasteiger partial charge on any atom is -0.491 e. The van der Waals surface area contributed by atoms with Crippen LogP contribution >= 0.6 is 15.9 Å². The molecular weight excluding hydrogens is 492 g/mol. The van der Waals surface area contributed by atoms with Crippen LogP contribution in [0.1, 0.15) is 25.8 Å². The number of nitrogens with zero attached hydrogens (tertiary/aromatic N) is 2. The van der Waals surface area contributed by atoms with Crippen molar-refractivity contribution in [3.63, 3.8) is 0 Å². The van der Waals surface area contributed by atoms with Gasteiger partial charge in [-0.15, -0.1) is 0 Å². The molecule has 0 spiro atoms. The predicted molar refractivity (Wildman–Crippen MR) is 133 cm³/mol. The van der Waals surface area contributed by atoms with Gasteiger partial charge in [0.1, 0.15) is 18.5 Å². The molecule has 1 N–H and O–H groups in total. The molecule has 32 heavy (non-hydrogen) atoms. The largest absolute Gasteiger partial charge is 0.491 e. The maximum Gasteiger partial charge on any atom is 0.151 e. The summed E-state index contributed by atoms with van der Waals surface area (Å²) in [4.78, 5) is 4.38. The highest BCUT2D eigenvalue weighted by Gasteiger charge is 2.33. The number of halogens is 1. The molecule has 176 valence electrons. The van der Waals surface area contributed by atoms with Crippen molar-refractivity contribution in [3.8, 4) is 5.75 Å². The molecule has 0 aromatic heterocycles. The second kappa shape index (κ2) is 11.5. The number of aliphatic hydroxyl groups excluding tert-OH is 1. The Bertz CT molecular complexity index is 947. The van der Waals surface area contributed by atoms with E-state index in [1.54, 1.807) is 0 Å². The van der Waals surface area contributed by atoms with Gasteiger partial charge in [0.2, 0.25) is 0 Å². The van der Waals surface area contributed by atoms with Gasteiger partial charge in [-0.25, -0.2) is 8.42 Å². The van der Waals surface area contributed by atoms with E-state index in [-0.39, 0.29) is 24.2 Å². The van der Waals surface area contributed by atoms with E-state index in [0.29, 0.717) is 25.3 Å². The van der Waals surface area contributed by atoms with Crippen LogP contribution in [0.25, 0.3) is 0 Å². The van der Waals surface area contributed by atoms with Gasteiger partial charge in [0.15, 0.2) is 9.84 Å². The molecule has 1 heterocycles. The maximum absolute atomic E-state index is 12.1. The molecule has 0 bridgehead atoms. The van der Waals surface area contributed by atoms with Crippen LogP contribution in [0.3, 0.4) is 0 Å². The van der Waals surface area contributed by atoms with Crippen LogP contribution in [0.15, 0.2) is 53.0 Å². The lowest BCUT2D eigenvalue weighted by atomic mass is 10.1. The summed E-state index contributed by atoms with van der Waals surface area (Å²) < 4.78 is 30.9. The molecule has 1 saturated heterocycles. The lowest BCUT2D eigenvalue weighted by Gasteiger charge is -2.30. The predicted octanol–water partition coefficient (Wildman–Crippen LogP) is 3.72. The molecule has 1 aliphatic heterocycles. The van der Waals surface area contributed by atoms with E-state index in [2.05, 4.69) is 63.8 Å². The van der Waals surface area contributed by atoms with Crippen LogP contribution in [0.5, 0.6) is 5.75 Å². The van der Waals surface area contributed by atoms with Gasteiger partial charge < -0.3 is 14.7 Å². The first-order valence-corrected chi connectivity index (χ1v) is 13.8. The van der Waals surface area contributed by atoms with E-state index in [9.17, 15) is 13.5 Å². The van der Waals surface area contributed by atoms with Crippen LogP contribution < -0.4 is 9.64 Å². The molecule has 0 radical (unpaired) electrons. The van der Waals surface area contributed by atoms with Crippen molar-refractivity contribution in [2.45, 2.75) is 39.0 Å². The zero-order valence-corrected chi connectivity index (χ0v) is 21.2. The third kappa shape index (κ3) is 7.20. The smallest absolute Gasteiger partial charge is 0.151 e. The van der Waals surface area contributed by atoms with Crippen molar-refractivity contribution in [2.75, 3.05) is 42.6 Å². The molecule has 2 atom stereocenters. The highest BCUT2D eigenvalue weighted by Crippen LogP contribution is 2.22. The minimum absolute atomic E-state index is 0.0928. The van der Waals surface area contributed by atoms with E-state index >= 15 is 0 Å². The lowest BCUT2D eigenvalue weighted by molar-refractivity contribution is 0.0525. The molecule has 6 nitrogen and oxygen atoms in total. The third-order valence-electron chi connectivity index (χ3n) is 5.88. The zero-order chi connectivity index (χ0) is 23.1. The average molecular weight is 526 g/mol. The van der Waals surface area contributed by atoms with Crippen molar-refractivity contribution < 1.29 is 18.3 Å². The summed E-state index contributed by atoms with van der Waals surface area (Å²) in [5.74, 6) is 1.04. The summed E-state index contributed by atoms with van der Waals surface area (Å²) >= 11 is 3.39. The molecule has 2 aromatic carbocycles. The Kier molecular flexibility index (Phi) is 8.99. The van der Waals surface area contributed by atoms with E-state index in [0.717, 1.165) is 23.1 Å². The summed E-state index contributed by atoms with van der Waals surface area (Å²) in [5.41, 5.74) is 2.28. The second-order valence-electron chi connectivity index (χ2n) is 8.24. The van der Waals surface area contributed by atoms with Crippen LogP contribution in [0, 0.1) is 0 Å². The first kappa shape index (κ1) is 25.0. The van der Waals surface area contributed by atoms with Gasteiger partial charge >= 0.3 is 0 Å². The highest BCUT2D eigenvalue weighted by atomic mass is 79.9. The number of hydrogen-bond donors (Lipinski definition) is 1. The molecule has 0 amide bonds. The van der Waals surface area contributed by atoms with Gasteiger partial charge in [0.05, 0.1) is 11.5 Å². The zero-order valence-electron chi connectivity index (χ0n) is 18.8. The number of sulfone groups is 1. The Morgan fingerprint density at radius 3 is 2.31 bits per heavy atom. The van der Waals surface area contributed by atoms with E-state index < -0.39 is 15.9 Å². The van der Waals surface area contributed by atoms with Gasteiger partial charge in [-0.2, -0.15) is 0 Å². The summed E-state index contributed by atoms with van der Waals surface area (Å²) in [7, 11) is -3.02. The van der Waals surface area contributed by atoms with Gasteiger partial charge in [-0.1, -0.05) is 28.1 Å². The normalized spacial score (nSPS) is 18.6. The van der Waals surface area contributed by atoms with Crippen molar-refractivity contribution >= 4 is 31.5 Å². The molecule has 3 rings (SSSR count). The quantitative estimate of drug-likeness (QED) is 0.483. The van der Waals surface area contributed by atoms with E-state index in [4.69, 9.17) is 4.74 Å². The fourth-order valence-corrected chi connectivity index (χ4v) is 6.11. The standard InChI is InChI=1S/C24H33BrN2O4S/c1-3-26(4-2)21-9-5-19(6-10-21)15-27(22-13-14-32(29,30)18-22)16-23(28)17-31-24-11-7-20(25)8-12-24/h5-12,22-23,28H,3-4,13-18H2,1-2H3.